The van der Waals surface area contributed by atoms with Gasteiger partial charge in [0.15, 0.2) is 0 Å². The topological polar surface area (TPSA) is 41.1 Å². The van der Waals surface area contributed by atoms with Gasteiger partial charge in [0.25, 0.3) is 0 Å². The Morgan fingerprint density at radius 2 is 1.81 bits per heavy atom. The zero-order valence-corrected chi connectivity index (χ0v) is 13.3. The van der Waals surface area contributed by atoms with Gasteiger partial charge in [-0.1, -0.05) is 35.3 Å². The molecule has 1 amide bonds. The fourth-order valence-electron chi connectivity index (χ4n) is 1.95. The van der Waals surface area contributed by atoms with Crippen molar-refractivity contribution >= 4 is 40.5 Å². The first-order valence-corrected chi connectivity index (χ1v) is 7.28. The van der Waals surface area contributed by atoms with E-state index in [4.69, 9.17) is 23.2 Å². The van der Waals surface area contributed by atoms with Crippen molar-refractivity contribution in [3.8, 4) is 0 Å². The summed E-state index contributed by atoms with van der Waals surface area (Å²) in [6.45, 7) is 3.95. The largest absolute Gasteiger partial charge is 0.381 e. The number of benzene rings is 2. The number of hydrogen-bond donors (Lipinski definition) is 2. The quantitative estimate of drug-likeness (QED) is 0.842. The molecule has 2 N–H and O–H groups in total. The maximum Gasteiger partial charge on any atom is 0.221 e. The Bertz CT molecular complexity index is 651. The van der Waals surface area contributed by atoms with E-state index >= 15 is 0 Å². The average molecular weight is 323 g/mol. The molecule has 5 heteroatoms. The molecule has 0 unspecified atom stereocenters. The highest BCUT2D eigenvalue weighted by atomic mass is 35.5. The van der Waals surface area contributed by atoms with E-state index in [1.54, 1.807) is 0 Å². The number of carbonyl (C=O) groups is 1. The molecule has 0 saturated carbocycles. The minimum absolute atomic E-state index is 0.0931. The number of aryl methyl sites for hydroxylation is 1. The second-order valence-electron chi connectivity index (χ2n) is 4.76. The molecule has 0 radical (unpaired) electrons. The van der Waals surface area contributed by atoms with Gasteiger partial charge in [0.05, 0.1) is 0 Å². The summed E-state index contributed by atoms with van der Waals surface area (Å²) in [4.78, 5) is 11.2. The van der Waals surface area contributed by atoms with E-state index < -0.39 is 0 Å². The summed E-state index contributed by atoms with van der Waals surface area (Å²) in [5.41, 5.74) is 3.53. The molecule has 2 rings (SSSR count). The molecule has 0 aliphatic carbocycles. The van der Waals surface area contributed by atoms with E-state index in [1.807, 2.05) is 43.3 Å². The van der Waals surface area contributed by atoms with Crippen LogP contribution >= 0.6 is 23.2 Å². The lowest BCUT2D eigenvalue weighted by Gasteiger charge is -2.13. The first kappa shape index (κ1) is 15.7. The third-order valence-corrected chi connectivity index (χ3v) is 3.79. The Morgan fingerprint density at radius 3 is 2.43 bits per heavy atom. The second-order valence-corrected chi connectivity index (χ2v) is 5.58. The van der Waals surface area contributed by atoms with Crippen LogP contribution in [0.25, 0.3) is 0 Å². The molecule has 0 aliphatic heterocycles. The van der Waals surface area contributed by atoms with Gasteiger partial charge < -0.3 is 10.6 Å². The fourth-order valence-corrected chi connectivity index (χ4v) is 2.48. The molecular weight excluding hydrogens is 307 g/mol. The molecule has 0 bridgehead atoms. The van der Waals surface area contributed by atoms with Crippen molar-refractivity contribution < 1.29 is 4.79 Å². The van der Waals surface area contributed by atoms with Crippen LogP contribution in [0.4, 0.5) is 11.4 Å². The molecule has 21 heavy (non-hydrogen) atoms. The molecule has 110 valence electrons. The van der Waals surface area contributed by atoms with E-state index in [0.717, 1.165) is 22.5 Å². The molecule has 0 aromatic heterocycles. The molecule has 0 aliphatic rings. The summed E-state index contributed by atoms with van der Waals surface area (Å²) < 4.78 is 0. The molecule has 3 nitrogen and oxygen atoms in total. The highest BCUT2D eigenvalue weighted by molar-refractivity contribution is 6.36. The van der Waals surface area contributed by atoms with E-state index in [-0.39, 0.29) is 5.91 Å². The van der Waals surface area contributed by atoms with Gasteiger partial charge in [0.1, 0.15) is 0 Å². The van der Waals surface area contributed by atoms with Crippen LogP contribution in [-0.4, -0.2) is 5.91 Å². The summed E-state index contributed by atoms with van der Waals surface area (Å²) in [6, 6.07) is 11.2. The highest BCUT2D eigenvalue weighted by Crippen LogP contribution is 2.26. The number of amides is 1. The van der Waals surface area contributed by atoms with Crippen molar-refractivity contribution in [2.24, 2.45) is 0 Å². The normalized spacial score (nSPS) is 10.3. The van der Waals surface area contributed by atoms with Gasteiger partial charge in [-0.25, -0.2) is 0 Å². The predicted molar refractivity (Wildman–Crippen MR) is 89.3 cm³/mol. The lowest BCUT2D eigenvalue weighted by molar-refractivity contribution is -0.114. The summed E-state index contributed by atoms with van der Waals surface area (Å²) in [5, 5.41) is 7.32. The van der Waals surface area contributed by atoms with Gasteiger partial charge >= 0.3 is 0 Å². The smallest absolute Gasteiger partial charge is 0.221 e. The minimum atomic E-state index is -0.0931. The number of hydrogen-bond acceptors (Lipinski definition) is 2. The van der Waals surface area contributed by atoms with Crippen LogP contribution in [0.5, 0.6) is 0 Å². The van der Waals surface area contributed by atoms with Crippen molar-refractivity contribution in [1.82, 2.24) is 0 Å². The Kier molecular flexibility index (Phi) is 5.10. The molecule has 2 aromatic carbocycles. The van der Waals surface area contributed by atoms with Crippen molar-refractivity contribution in [2.75, 3.05) is 10.6 Å². The molecule has 0 saturated heterocycles. The van der Waals surface area contributed by atoms with E-state index in [9.17, 15) is 4.79 Å². The molecule has 0 heterocycles. The van der Waals surface area contributed by atoms with Gasteiger partial charge in [-0.15, -0.1) is 0 Å². The van der Waals surface area contributed by atoms with Crippen molar-refractivity contribution in [2.45, 2.75) is 20.4 Å². The minimum Gasteiger partial charge on any atom is -0.381 e. The standard InChI is InChI=1S/C16H16Cl2N2O/c1-10-6-7-12(8-16(10)20-11(2)21)19-9-13-14(17)4-3-5-15(13)18/h3-8,19H,9H2,1-2H3,(H,20,21). The SMILES string of the molecule is CC(=O)Nc1cc(NCc2c(Cl)cccc2Cl)ccc1C. The van der Waals surface area contributed by atoms with Crippen molar-refractivity contribution in [3.63, 3.8) is 0 Å². The number of rotatable bonds is 4. The Hall–Kier alpha value is -1.71. The van der Waals surface area contributed by atoms with E-state index in [2.05, 4.69) is 10.6 Å². The first-order valence-electron chi connectivity index (χ1n) is 6.52. The zero-order valence-electron chi connectivity index (χ0n) is 11.8. The van der Waals surface area contributed by atoms with Gasteiger partial charge in [-0.2, -0.15) is 0 Å². The molecule has 0 spiro atoms. The van der Waals surface area contributed by atoms with Gasteiger partial charge in [0.2, 0.25) is 5.91 Å². The number of anilines is 2. The number of nitrogens with one attached hydrogen (secondary N) is 2. The first-order chi connectivity index (χ1) is 9.97. The monoisotopic (exact) mass is 322 g/mol. The van der Waals surface area contributed by atoms with Crippen molar-refractivity contribution in [3.05, 3.63) is 57.6 Å². The second kappa shape index (κ2) is 6.83. The number of halogens is 2. The Balaban J connectivity index is 2.15. The van der Waals surface area contributed by atoms with Crippen LogP contribution in [-0.2, 0) is 11.3 Å². The molecule has 2 aromatic rings. The molecule has 0 fully saturated rings. The van der Waals surface area contributed by atoms with Crippen LogP contribution < -0.4 is 10.6 Å². The summed E-state index contributed by atoms with van der Waals surface area (Å²) in [7, 11) is 0. The Morgan fingerprint density at radius 1 is 1.14 bits per heavy atom. The lowest BCUT2D eigenvalue weighted by atomic mass is 10.1. The summed E-state index contributed by atoms with van der Waals surface area (Å²) >= 11 is 12.3. The predicted octanol–water partition coefficient (Wildman–Crippen LogP) is 4.87. The average Bonchev–Trinajstić information content (AvgIpc) is 2.41. The van der Waals surface area contributed by atoms with Crippen LogP contribution in [0, 0.1) is 6.92 Å². The highest BCUT2D eigenvalue weighted by Gasteiger charge is 2.06. The van der Waals surface area contributed by atoms with Crippen molar-refractivity contribution in [1.29, 1.82) is 0 Å². The lowest BCUT2D eigenvalue weighted by Crippen LogP contribution is -2.08. The summed E-state index contributed by atoms with van der Waals surface area (Å²) in [5.74, 6) is -0.0931. The van der Waals surface area contributed by atoms with Crippen LogP contribution in [0.3, 0.4) is 0 Å². The van der Waals surface area contributed by atoms with Gasteiger partial charge in [-0.05, 0) is 36.8 Å². The third kappa shape index (κ3) is 4.13. The maximum absolute atomic E-state index is 11.2. The van der Waals surface area contributed by atoms with Gasteiger partial charge in [0, 0.05) is 40.5 Å². The van der Waals surface area contributed by atoms with Crippen LogP contribution in [0.2, 0.25) is 10.0 Å². The Labute approximate surface area is 134 Å². The van der Waals surface area contributed by atoms with Crippen LogP contribution in [0.15, 0.2) is 36.4 Å². The summed E-state index contributed by atoms with van der Waals surface area (Å²) in [6.07, 6.45) is 0. The molecule has 0 atom stereocenters. The van der Waals surface area contributed by atoms with E-state index in [1.165, 1.54) is 6.92 Å². The molecular formula is C16H16Cl2N2O. The van der Waals surface area contributed by atoms with Gasteiger partial charge in [-0.3, -0.25) is 4.79 Å². The number of carbonyl (C=O) groups excluding carboxylic acids is 1. The maximum atomic E-state index is 11.2. The fraction of sp³-hybridized carbons (Fsp3) is 0.188. The van der Waals surface area contributed by atoms with Crippen LogP contribution in [0.1, 0.15) is 18.1 Å². The zero-order chi connectivity index (χ0) is 15.4. The third-order valence-electron chi connectivity index (χ3n) is 3.08. The van der Waals surface area contributed by atoms with E-state index in [0.29, 0.717) is 16.6 Å².